The molecule has 0 aliphatic carbocycles. The van der Waals surface area contributed by atoms with Crippen molar-refractivity contribution in [3.63, 3.8) is 0 Å². The lowest BCUT2D eigenvalue weighted by molar-refractivity contribution is 0.0992. The van der Waals surface area contributed by atoms with Crippen molar-refractivity contribution in [1.29, 1.82) is 0 Å². The van der Waals surface area contributed by atoms with E-state index >= 15 is 0 Å². The fourth-order valence-corrected chi connectivity index (χ4v) is 3.26. The van der Waals surface area contributed by atoms with E-state index in [-0.39, 0.29) is 5.91 Å². The van der Waals surface area contributed by atoms with Gasteiger partial charge in [0, 0.05) is 37.6 Å². The summed E-state index contributed by atoms with van der Waals surface area (Å²) in [7, 11) is 2.15. The van der Waals surface area contributed by atoms with Gasteiger partial charge in [-0.2, -0.15) is 0 Å². The second-order valence-electron chi connectivity index (χ2n) is 6.07. The summed E-state index contributed by atoms with van der Waals surface area (Å²) in [6.45, 7) is 6.31. The van der Waals surface area contributed by atoms with Gasteiger partial charge in [0.2, 0.25) is 0 Å². The van der Waals surface area contributed by atoms with Gasteiger partial charge in [0.15, 0.2) is 10.9 Å². The molecule has 3 rings (SSSR count). The maximum atomic E-state index is 12.2. The van der Waals surface area contributed by atoms with Crippen LogP contribution < -0.4 is 10.2 Å². The van der Waals surface area contributed by atoms with Gasteiger partial charge in [0.05, 0.1) is 0 Å². The number of aryl methyl sites for hydroxylation is 1. The van der Waals surface area contributed by atoms with Crippen LogP contribution in [0.3, 0.4) is 0 Å². The van der Waals surface area contributed by atoms with Gasteiger partial charge in [0.25, 0.3) is 5.91 Å². The van der Waals surface area contributed by atoms with Crippen LogP contribution in [0, 0.1) is 6.92 Å². The molecule has 6 heteroatoms. The Morgan fingerprint density at radius 1 is 1.17 bits per heavy atom. The molecule has 1 saturated heterocycles. The van der Waals surface area contributed by atoms with Crippen LogP contribution in [0.1, 0.15) is 16.1 Å². The van der Waals surface area contributed by atoms with Crippen LogP contribution in [0.5, 0.6) is 0 Å². The number of carbonyl (C=O) groups is 1. The number of amides is 1. The lowest BCUT2D eigenvalue weighted by Gasteiger charge is -2.35. The molecule has 2 heterocycles. The third-order valence-electron chi connectivity index (χ3n) is 4.30. The summed E-state index contributed by atoms with van der Waals surface area (Å²) >= 11 is 1.48. The first-order valence-electron chi connectivity index (χ1n) is 8.06. The topological polar surface area (TPSA) is 48.7 Å². The molecule has 1 aromatic carbocycles. The Hall–Kier alpha value is -1.92. The van der Waals surface area contributed by atoms with E-state index in [0.29, 0.717) is 5.76 Å². The molecule has 1 aliphatic heterocycles. The second-order valence-corrected chi connectivity index (χ2v) is 6.88. The fraction of sp³-hybridized carbons (Fsp3) is 0.389. The molecule has 24 heavy (non-hydrogen) atoms. The van der Waals surface area contributed by atoms with Crippen LogP contribution in [-0.4, -0.2) is 50.3 Å². The quantitative estimate of drug-likeness (QED) is 0.862. The number of nitrogens with one attached hydrogen (secondary N) is 1. The van der Waals surface area contributed by atoms with E-state index in [9.17, 15) is 4.79 Å². The van der Waals surface area contributed by atoms with Crippen molar-refractivity contribution < 1.29 is 9.21 Å². The molecule has 1 amide bonds. The Morgan fingerprint density at radius 3 is 2.54 bits per heavy atom. The third kappa shape index (κ3) is 3.76. The van der Waals surface area contributed by atoms with Crippen LogP contribution in [-0.2, 0) is 0 Å². The lowest BCUT2D eigenvalue weighted by atomic mass is 10.1. The second kappa shape index (κ2) is 7.32. The Labute approximate surface area is 147 Å². The molecule has 1 N–H and O–H groups in total. The SMILES string of the molecule is CSc1ccc(C(=O)Nc2ccc(N3CCN(C)CC3)c(C)c2)o1. The van der Waals surface area contributed by atoms with Crippen molar-refractivity contribution in [3.8, 4) is 0 Å². The summed E-state index contributed by atoms with van der Waals surface area (Å²) < 4.78 is 5.46. The highest BCUT2D eigenvalue weighted by atomic mass is 32.2. The standard InChI is InChI=1S/C18H23N3O2S/c1-13-12-14(19-18(22)16-6-7-17(23-16)24-3)4-5-15(13)21-10-8-20(2)9-11-21/h4-7,12H,8-11H2,1-3H3,(H,19,22). The van der Waals surface area contributed by atoms with Crippen LogP contribution in [0.2, 0.25) is 0 Å². The van der Waals surface area contributed by atoms with Crippen molar-refractivity contribution in [1.82, 2.24) is 4.90 Å². The maximum Gasteiger partial charge on any atom is 0.291 e. The summed E-state index contributed by atoms with van der Waals surface area (Å²) in [5.41, 5.74) is 3.20. The molecular weight excluding hydrogens is 322 g/mol. The number of furan rings is 1. The van der Waals surface area contributed by atoms with Gasteiger partial charge in [-0.1, -0.05) is 11.8 Å². The van der Waals surface area contributed by atoms with Gasteiger partial charge in [-0.05, 0) is 56.1 Å². The zero-order valence-electron chi connectivity index (χ0n) is 14.3. The zero-order chi connectivity index (χ0) is 17.1. The monoisotopic (exact) mass is 345 g/mol. The Kier molecular flexibility index (Phi) is 5.16. The van der Waals surface area contributed by atoms with Gasteiger partial charge >= 0.3 is 0 Å². The molecule has 128 valence electrons. The number of piperazine rings is 1. The number of carbonyl (C=O) groups excluding carboxylic acids is 1. The van der Waals surface area contributed by atoms with Crippen molar-refractivity contribution in [2.45, 2.75) is 12.0 Å². The molecule has 0 unspecified atom stereocenters. The van der Waals surface area contributed by atoms with Gasteiger partial charge in [-0.3, -0.25) is 4.79 Å². The van der Waals surface area contributed by atoms with Crippen molar-refractivity contribution in [3.05, 3.63) is 41.7 Å². The molecule has 0 bridgehead atoms. The Morgan fingerprint density at radius 2 is 1.92 bits per heavy atom. The molecule has 0 saturated carbocycles. The highest BCUT2D eigenvalue weighted by molar-refractivity contribution is 7.98. The first-order chi connectivity index (χ1) is 11.6. The number of likely N-dealkylation sites (N-methyl/N-ethyl adjacent to an activating group) is 1. The number of hydrogen-bond donors (Lipinski definition) is 1. The summed E-state index contributed by atoms with van der Waals surface area (Å²) in [5.74, 6) is 0.113. The molecule has 1 aromatic heterocycles. The first kappa shape index (κ1) is 16.9. The lowest BCUT2D eigenvalue weighted by Crippen LogP contribution is -2.44. The summed E-state index contributed by atoms with van der Waals surface area (Å²) in [6.07, 6.45) is 1.92. The van der Waals surface area contributed by atoms with Gasteiger partial charge in [0.1, 0.15) is 0 Å². The minimum atomic E-state index is -0.220. The molecule has 0 radical (unpaired) electrons. The van der Waals surface area contributed by atoms with Crippen LogP contribution in [0.4, 0.5) is 11.4 Å². The van der Waals surface area contributed by atoms with E-state index in [4.69, 9.17) is 4.42 Å². The average molecular weight is 345 g/mol. The normalized spacial score (nSPS) is 15.5. The number of nitrogens with zero attached hydrogens (tertiary/aromatic N) is 2. The largest absolute Gasteiger partial charge is 0.445 e. The van der Waals surface area contributed by atoms with E-state index in [1.165, 1.54) is 23.0 Å². The van der Waals surface area contributed by atoms with Gasteiger partial charge in [-0.25, -0.2) is 0 Å². The summed E-state index contributed by atoms with van der Waals surface area (Å²) in [4.78, 5) is 17.0. The molecule has 5 nitrogen and oxygen atoms in total. The Bertz CT molecular complexity index is 721. The van der Waals surface area contributed by atoms with E-state index in [2.05, 4.69) is 35.2 Å². The number of anilines is 2. The number of thioether (sulfide) groups is 1. The summed E-state index contributed by atoms with van der Waals surface area (Å²) in [5, 5.41) is 3.64. The van der Waals surface area contributed by atoms with Gasteiger partial charge < -0.3 is 19.5 Å². The van der Waals surface area contributed by atoms with Crippen molar-refractivity contribution >= 4 is 29.0 Å². The van der Waals surface area contributed by atoms with E-state index in [1.807, 2.05) is 18.4 Å². The minimum Gasteiger partial charge on any atom is -0.445 e. The average Bonchev–Trinajstić information content (AvgIpc) is 3.05. The van der Waals surface area contributed by atoms with E-state index in [1.54, 1.807) is 12.1 Å². The Balaban J connectivity index is 1.69. The molecule has 2 aromatic rings. The van der Waals surface area contributed by atoms with E-state index in [0.717, 1.165) is 37.0 Å². The van der Waals surface area contributed by atoms with Gasteiger partial charge in [-0.15, -0.1) is 0 Å². The predicted octanol–water partition coefficient (Wildman–Crippen LogP) is 3.31. The maximum absolute atomic E-state index is 12.2. The molecule has 1 fully saturated rings. The highest BCUT2D eigenvalue weighted by Crippen LogP contribution is 2.25. The highest BCUT2D eigenvalue weighted by Gasteiger charge is 2.17. The fourth-order valence-electron chi connectivity index (χ4n) is 2.88. The third-order valence-corrected chi connectivity index (χ3v) is 4.93. The molecular formula is C18H23N3O2S. The predicted molar refractivity (Wildman–Crippen MR) is 99.3 cm³/mol. The van der Waals surface area contributed by atoms with Crippen LogP contribution in [0.25, 0.3) is 0 Å². The van der Waals surface area contributed by atoms with Crippen LogP contribution in [0.15, 0.2) is 39.8 Å². The van der Waals surface area contributed by atoms with E-state index < -0.39 is 0 Å². The summed E-state index contributed by atoms with van der Waals surface area (Å²) in [6, 6.07) is 9.57. The number of hydrogen-bond acceptors (Lipinski definition) is 5. The minimum absolute atomic E-state index is 0.220. The number of rotatable bonds is 4. The molecule has 1 aliphatic rings. The smallest absolute Gasteiger partial charge is 0.291 e. The zero-order valence-corrected chi connectivity index (χ0v) is 15.2. The first-order valence-corrected chi connectivity index (χ1v) is 9.28. The van der Waals surface area contributed by atoms with Crippen LogP contribution >= 0.6 is 11.8 Å². The van der Waals surface area contributed by atoms with Crippen molar-refractivity contribution in [2.24, 2.45) is 0 Å². The molecule has 0 spiro atoms. The molecule has 0 atom stereocenters. The van der Waals surface area contributed by atoms with Crippen molar-refractivity contribution in [2.75, 3.05) is 49.7 Å². The number of benzene rings is 1.